The molecule has 0 atom stereocenters. The fraction of sp³-hybridized carbons (Fsp3) is 0.667. The van der Waals surface area contributed by atoms with Crippen LogP contribution in [0.3, 0.4) is 0 Å². The highest BCUT2D eigenvalue weighted by atomic mass is 35.5. The molecule has 0 aromatic heterocycles. The number of carbonyl (C=O) groups is 1. The zero-order valence-corrected chi connectivity index (χ0v) is 19.6. The van der Waals surface area contributed by atoms with Gasteiger partial charge in [-0.15, -0.1) is 37.2 Å². The quantitative estimate of drug-likeness (QED) is 0.619. The molecule has 1 heterocycles. The Morgan fingerprint density at radius 2 is 1.62 bits per heavy atom. The van der Waals surface area contributed by atoms with Crippen molar-refractivity contribution in [3.8, 4) is 0 Å². The van der Waals surface area contributed by atoms with Crippen LogP contribution in [-0.4, -0.2) is 38.8 Å². The number of ether oxygens (including phenoxy) is 1. The van der Waals surface area contributed by atoms with Crippen molar-refractivity contribution in [3.05, 3.63) is 29.8 Å². The smallest absolute Gasteiger partial charge is 0.308 e. The number of nitrogens with two attached hydrogens (primary N) is 1. The van der Waals surface area contributed by atoms with Crippen molar-refractivity contribution < 1.29 is 9.53 Å². The monoisotopic (exact) mass is 467 g/mol. The maximum absolute atomic E-state index is 11.6. The predicted molar refractivity (Wildman–Crippen MR) is 127 cm³/mol. The fourth-order valence-electron chi connectivity index (χ4n) is 4.27. The number of benzene rings is 1. The number of hydrogen-bond donors (Lipinski definition) is 2. The summed E-state index contributed by atoms with van der Waals surface area (Å²) in [6.45, 7) is 3.97. The molecular formula is C21H36Cl3N3O2. The summed E-state index contributed by atoms with van der Waals surface area (Å²) < 4.78 is 4.87. The van der Waals surface area contributed by atoms with Gasteiger partial charge >= 0.3 is 5.97 Å². The van der Waals surface area contributed by atoms with Crippen molar-refractivity contribution in [2.24, 2.45) is 17.6 Å². The van der Waals surface area contributed by atoms with Crippen LogP contribution in [0.2, 0.25) is 0 Å². The van der Waals surface area contributed by atoms with Crippen LogP contribution in [0.5, 0.6) is 0 Å². The molecule has 3 rings (SSSR count). The van der Waals surface area contributed by atoms with Gasteiger partial charge in [-0.2, -0.15) is 0 Å². The number of nitrogens with zero attached hydrogens (tertiary/aromatic N) is 1. The zero-order valence-electron chi connectivity index (χ0n) is 17.2. The number of esters is 1. The number of halogens is 3. The fourth-order valence-corrected chi connectivity index (χ4v) is 4.27. The number of carbonyl (C=O) groups excluding carboxylic acids is 1. The van der Waals surface area contributed by atoms with E-state index in [2.05, 4.69) is 34.5 Å². The van der Waals surface area contributed by atoms with Crippen LogP contribution in [0, 0.1) is 11.8 Å². The van der Waals surface area contributed by atoms with Crippen LogP contribution in [0.25, 0.3) is 0 Å². The second-order valence-electron chi connectivity index (χ2n) is 7.78. The molecule has 3 N–H and O–H groups in total. The predicted octanol–water partition coefficient (Wildman–Crippen LogP) is 3.95. The van der Waals surface area contributed by atoms with E-state index in [4.69, 9.17) is 10.5 Å². The minimum Gasteiger partial charge on any atom is -0.469 e. The van der Waals surface area contributed by atoms with Crippen molar-refractivity contribution in [1.82, 2.24) is 5.32 Å². The minimum atomic E-state index is -0.0321. The molecule has 2 aliphatic rings. The lowest BCUT2D eigenvalue weighted by Crippen LogP contribution is -2.41. The third kappa shape index (κ3) is 8.14. The van der Waals surface area contributed by atoms with E-state index in [1.807, 2.05) is 0 Å². The van der Waals surface area contributed by atoms with Gasteiger partial charge in [0.25, 0.3) is 0 Å². The normalized spacial score (nSPS) is 21.9. The lowest BCUT2D eigenvalue weighted by Gasteiger charge is -2.35. The number of methoxy groups -OCH3 is 1. The van der Waals surface area contributed by atoms with Gasteiger partial charge in [0.1, 0.15) is 0 Å². The van der Waals surface area contributed by atoms with Crippen molar-refractivity contribution in [3.63, 3.8) is 0 Å². The van der Waals surface area contributed by atoms with Crippen LogP contribution in [0.15, 0.2) is 24.3 Å². The number of anilines is 1. The van der Waals surface area contributed by atoms with Gasteiger partial charge < -0.3 is 20.7 Å². The molecule has 29 heavy (non-hydrogen) atoms. The van der Waals surface area contributed by atoms with E-state index in [0.717, 1.165) is 51.2 Å². The molecule has 1 saturated heterocycles. The van der Waals surface area contributed by atoms with Crippen LogP contribution < -0.4 is 16.0 Å². The van der Waals surface area contributed by atoms with Crippen LogP contribution >= 0.6 is 37.2 Å². The van der Waals surface area contributed by atoms with Gasteiger partial charge in [0.2, 0.25) is 0 Å². The molecule has 1 aliphatic carbocycles. The summed E-state index contributed by atoms with van der Waals surface area (Å²) in [5.74, 6) is 0.843. The molecule has 1 aromatic carbocycles. The van der Waals surface area contributed by atoms with E-state index in [0.29, 0.717) is 12.6 Å². The SMILES string of the molecule is COC(=O)[C@H]1CC[C@H](NCC2CCN(c3ccc(CN)cc3)CC2)CC1.Cl.Cl.Cl. The first kappa shape index (κ1) is 28.3. The summed E-state index contributed by atoms with van der Waals surface area (Å²) in [6, 6.07) is 9.22. The van der Waals surface area contributed by atoms with Gasteiger partial charge in [-0.05, 0) is 68.7 Å². The van der Waals surface area contributed by atoms with Gasteiger partial charge in [-0.1, -0.05) is 12.1 Å². The second-order valence-corrected chi connectivity index (χ2v) is 7.78. The first-order valence-corrected chi connectivity index (χ1v) is 10.0. The Morgan fingerprint density at radius 1 is 1.03 bits per heavy atom. The summed E-state index contributed by atoms with van der Waals surface area (Å²) in [5, 5.41) is 3.75. The van der Waals surface area contributed by atoms with Gasteiger partial charge in [0, 0.05) is 31.4 Å². The second kappa shape index (κ2) is 14.3. The van der Waals surface area contributed by atoms with Crippen molar-refractivity contribution in [1.29, 1.82) is 0 Å². The van der Waals surface area contributed by atoms with Crippen LogP contribution in [0.4, 0.5) is 5.69 Å². The lowest BCUT2D eigenvalue weighted by atomic mass is 9.85. The highest BCUT2D eigenvalue weighted by molar-refractivity contribution is 5.86. The minimum absolute atomic E-state index is 0. The standard InChI is InChI=1S/C21H33N3O2.3ClH/c1-26-21(25)18-4-6-19(7-5-18)23-15-17-10-12-24(13-11-17)20-8-2-16(14-22)3-9-20;;;/h2-3,8-9,17-19,23H,4-7,10-15,22H2,1H3;3*1H/t18-,19-;;;. The number of piperidine rings is 1. The molecule has 0 spiro atoms. The third-order valence-corrected chi connectivity index (χ3v) is 6.11. The zero-order chi connectivity index (χ0) is 18.4. The molecular weight excluding hydrogens is 433 g/mol. The summed E-state index contributed by atoms with van der Waals surface area (Å²) in [7, 11) is 1.49. The molecule has 168 valence electrons. The number of nitrogens with one attached hydrogen (secondary N) is 1. The molecule has 1 saturated carbocycles. The Bertz CT molecular complexity index is 573. The molecule has 1 aromatic rings. The number of hydrogen-bond acceptors (Lipinski definition) is 5. The van der Waals surface area contributed by atoms with Gasteiger partial charge in [0.05, 0.1) is 13.0 Å². The lowest BCUT2D eigenvalue weighted by molar-refractivity contribution is -0.146. The van der Waals surface area contributed by atoms with Crippen LogP contribution in [-0.2, 0) is 16.1 Å². The first-order valence-electron chi connectivity index (χ1n) is 10.0. The molecule has 0 radical (unpaired) electrons. The summed E-state index contributed by atoms with van der Waals surface area (Å²) in [4.78, 5) is 14.1. The Morgan fingerprint density at radius 3 is 2.14 bits per heavy atom. The van der Waals surface area contributed by atoms with E-state index in [1.54, 1.807) is 0 Å². The summed E-state index contributed by atoms with van der Waals surface area (Å²) in [6.07, 6.45) is 6.58. The van der Waals surface area contributed by atoms with E-state index in [1.165, 1.54) is 31.2 Å². The Labute approximate surface area is 193 Å². The molecule has 1 aliphatic heterocycles. The largest absolute Gasteiger partial charge is 0.469 e. The highest BCUT2D eigenvalue weighted by Gasteiger charge is 2.27. The highest BCUT2D eigenvalue weighted by Crippen LogP contribution is 2.27. The molecule has 0 unspecified atom stereocenters. The maximum atomic E-state index is 11.6. The van der Waals surface area contributed by atoms with Gasteiger partial charge in [-0.3, -0.25) is 4.79 Å². The van der Waals surface area contributed by atoms with E-state index in [-0.39, 0.29) is 49.1 Å². The van der Waals surface area contributed by atoms with Gasteiger partial charge in [0.15, 0.2) is 0 Å². The van der Waals surface area contributed by atoms with E-state index >= 15 is 0 Å². The van der Waals surface area contributed by atoms with Crippen LogP contribution in [0.1, 0.15) is 44.1 Å². The van der Waals surface area contributed by atoms with E-state index < -0.39 is 0 Å². The third-order valence-electron chi connectivity index (χ3n) is 6.11. The van der Waals surface area contributed by atoms with Crippen molar-refractivity contribution in [2.45, 2.75) is 51.1 Å². The maximum Gasteiger partial charge on any atom is 0.308 e. The average molecular weight is 469 g/mol. The number of rotatable bonds is 6. The molecule has 5 nitrogen and oxygen atoms in total. The molecule has 0 bridgehead atoms. The summed E-state index contributed by atoms with van der Waals surface area (Å²) >= 11 is 0. The van der Waals surface area contributed by atoms with E-state index in [9.17, 15) is 4.79 Å². The first-order chi connectivity index (χ1) is 12.7. The molecule has 8 heteroatoms. The Kier molecular flexibility index (Phi) is 14.0. The Hall–Kier alpha value is -0.720. The Balaban J connectivity index is 0.00000261. The summed E-state index contributed by atoms with van der Waals surface area (Å²) in [5.41, 5.74) is 8.18. The molecule has 0 amide bonds. The van der Waals surface area contributed by atoms with Crippen molar-refractivity contribution >= 4 is 48.9 Å². The van der Waals surface area contributed by atoms with Gasteiger partial charge in [-0.25, -0.2) is 0 Å². The topological polar surface area (TPSA) is 67.6 Å². The average Bonchev–Trinajstić information content (AvgIpc) is 2.72. The molecule has 2 fully saturated rings. The van der Waals surface area contributed by atoms with Crippen molar-refractivity contribution in [2.75, 3.05) is 31.6 Å².